The lowest BCUT2D eigenvalue weighted by Gasteiger charge is -2.31. The Morgan fingerprint density at radius 2 is 1.78 bits per heavy atom. The summed E-state index contributed by atoms with van der Waals surface area (Å²) in [4.78, 5) is 2.30. The summed E-state index contributed by atoms with van der Waals surface area (Å²) in [6, 6.07) is 21.2. The Kier molecular flexibility index (Phi) is 7.62. The van der Waals surface area contributed by atoms with Gasteiger partial charge in [-0.1, -0.05) is 55.5 Å². The van der Waals surface area contributed by atoms with Crippen LogP contribution < -0.4 is 4.57 Å². The topological polar surface area (TPSA) is 83.9 Å². The maximum absolute atomic E-state index is 11.3. The quantitative estimate of drug-likeness (QED) is 0.149. The van der Waals surface area contributed by atoms with Crippen LogP contribution in [0.15, 0.2) is 82.6 Å². The Morgan fingerprint density at radius 1 is 1.02 bits per heavy atom. The van der Waals surface area contributed by atoms with Gasteiger partial charge in [-0.05, 0) is 66.8 Å². The van der Waals surface area contributed by atoms with Crippen molar-refractivity contribution in [2.24, 2.45) is 0 Å². The van der Waals surface area contributed by atoms with E-state index in [4.69, 9.17) is 9.15 Å². The number of aromatic nitrogens is 1. The maximum atomic E-state index is 11.3. The van der Waals surface area contributed by atoms with Crippen LogP contribution in [-0.2, 0) is 34.2 Å². The number of fused-ring (bicyclic) bond motifs is 5. The van der Waals surface area contributed by atoms with Gasteiger partial charge in [0, 0.05) is 19.0 Å². The van der Waals surface area contributed by atoms with Crippen LogP contribution in [-0.4, -0.2) is 42.3 Å². The number of rotatable bonds is 9. The number of hydrogen-bond donors (Lipinski definition) is 1. The van der Waals surface area contributed by atoms with Crippen LogP contribution in [0.1, 0.15) is 50.1 Å². The molecule has 1 saturated heterocycles. The predicted molar refractivity (Wildman–Crippen MR) is 161 cm³/mol. The number of benzene rings is 3. The van der Waals surface area contributed by atoms with E-state index in [2.05, 4.69) is 90.1 Å². The molecule has 2 unspecified atom stereocenters. The Bertz CT molecular complexity index is 1750. The molecular weight excluding hydrogens is 536 g/mol. The van der Waals surface area contributed by atoms with Gasteiger partial charge in [-0.2, -0.15) is 13.0 Å². The van der Waals surface area contributed by atoms with E-state index in [0.29, 0.717) is 19.4 Å². The molecule has 1 N–H and O–H groups in total. The molecule has 0 radical (unpaired) electrons. The fourth-order valence-electron chi connectivity index (χ4n) is 6.30. The molecule has 6 rings (SSSR count). The van der Waals surface area contributed by atoms with Gasteiger partial charge >= 0.3 is 5.89 Å². The largest absolute Gasteiger partial charge is 0.473 e. The molecule has 2 heterocycles. The molecule has 0 amide bonds. The van der Waals surface area contributed by atoms with E-state index in [0.717, 1.165) is 54.3 Å². The minimum Gasteiger partial charge on any atom is -0.473 e. The molecule has 8 heteroatoms. The summed E-state index contributed by atoms with van der Waals surface area (Å²) in [6.07, 6.45) is 7.83. The first-order valence-electron chi connectivity index (χ1n) is 14.6. The summed E-state index contributed by atoms with van der Waals surface area (Å²) < 4.78 is 47.0. The van der Waals surface area contributed by atoms with Gasteiger partial charge in [0.1, 0.15) is 12.6 Å². The zero-order valence-electron chi connectivity index (χ0n) is 23.6. The van der Waals surface area contributed by atoms with Crippen molar-refractivity contribution in [1.82, 2.24) is 4.90 Å². The third-order valence-corrected chi connectivity index (χ3v) is 9.17. The second-order valence-electron chi connectivity index (χ2n) is 11.0. The first kappa shape index (κ1) is 27.5. The number of oxazole rings is 1. The lowest BCUT2D eigenvalue weighted by atomic mass is 9.86. The van der Waals surface area contributed by atoms with Gasteiger partial charge in [0.25, 0.3) is 15.6 Å². The van der Waals surface area contributed by atoms with E-state index in [1.54, 1.807) is 0 Å². The highest BCUT2D eigenvalue weighted by molar-refractivity contribution is 7.85. The number of allylic oxidation sites excluding steroid dienone is 2. The Balaban J connectivity index is 1.34. The Hall–Kier alpha value is -3.62. The zero-order valence-corrected chi connectivity index (χ0v) is 24.4. The minimum absolute atomic E-state index is 0.0361. The van der Waals surface area contributed by atoms with Gasteiger partial charge in [0.05, 0.1) is 23.3 Å². The molecule has 1 fully saturated rings. The van der Waals surface area contributed by atoms with Crippen molar-refractivity contribution in [1.29, 1.82) is 0 Å². The van der Waals surface area contributed by atoms with Crippen LogP contribution in [0.25, 0.3) is 27.9 Å². The van der Waals surface area contributed by atoms with E-state index in [1.807, 2.05) is 6.07 Å². The van der Waals surface area contributed by atoms with Crippen molar-refractivity contribution >= 4 is 38.1 Å². The van der Waals surface area contributed by atoms with E-state index in [-0.39, 0.29) is 17.9 Å². The fraction of sp³-hybridized carbons (Fsp3) is 0.364. The summed E-state index contributed by atoms with van der Waals surface area (Å²) in [7, 11) is -3.97. The van der Waals surface area contributed by atoms with E-state index in [1.165, 1.54) is 21.9 Å². The molecule has 1 aliphatic carbocycles. The zero-order chi connectivity index (χ0) is 28.6. The highest BCUT2D eigenvalue weighted by atomic mass is 32.2. The summed E-state index contributed by atoms with van der Waals surface area (Å²) in [5.41, 5.74) is 5.71. The van der Waals surface area contributed by atoms with Gasteiger partial charge in [0.2, 0.25) is 5.58 Å². The average Bonchev–Trinajstić information content (AvgIpc) is 3.49. The molecule has 0 bridgehead atoms. The smallest absolute Gasteiger partial charge is 0.374 e. The summed E-state index contributed by atoms with van der Waals surface area (Å²) in [5.74, 6) is 1.39. The van der Waals surface area contributed by atoms with Crippen molar-refractivity contribution in [3.63, 3.8) is 0 Å². The van der Waals surface area contributed by atoms with Crippen molar-refractivity contribution in [3.8, 4) is 0 Å². The van der Waals surface area contributed by atoms with E-state index < -0.39 is 10.1 Å². The first-order chi connectivity index (χ1) is 19.8. The van der Waals surface area contributed by atoms with Crippen LogP contribution in [0.5, 0.6) is 0 Å². The highest BCUT2D eigenvalue weighted by Crippen LogP contribution is 2.37. The van der Waals surface area contributed by atoms with Crippen LogP contribution in [0, 0.1) is 0 Å². The normalized spacial score (nSPS) is 20.0. The van der Waals surface area contributed by atoms with Gasteiger partial charge in [-0.3, -0.25) is 4.55 Å². The molecule has 7 nitrogen and oxygen atoms in total. The molecule has 4 aromatic rings. The highest BCUT2D eigenvalue weighted by Gasteiger charge is 2.41. The van der Waals surface area contributed by atoms with Crippen LogP contribution >= 0.6 is 0 Å². The molecule has 2 atom stereocenters. The molecule has 214 valence electrons. The van der Waals surface area contributed by atoms with Crippen LogP contribution in [0.2, 0.25) is 0 Å². The van der Waals surface area contributed by atoms with Crippen LogP contribution in [0.3, 0.4) is 0 Å². The number of unbranched alkanes of at least 4 members (excludes halogenated alkanes) is 1. The lowest BCUT2D eigenvalue weighted by molar-refractivity contribution is -0.673. The Labute approximate surface area is 241 Å². The minimum atomic E-state index is -3.97. The summed E-state index contributed by atoms with van der Waals surface area (Å²) >= 11 is 0. The van der Waals surface area contributed by atoms with Gasteiger partial charge < -0.3 is 14.1 Å². The second kappa shape index (κ2) is 11.3. The molecular formula is C33H37N2O5S+. The second-order valence-corrected chi connectivity index (χ2v) is 12.5. The monoisotopic (exact) mass is 573 g/mol. The molecule has 2 aliphatic rings. The molecule has 0 spiro atoms. The molecule has 3 aromatic carbocycles. The third-order valence-electron chi connectivity index (χ3n) is 8.36. The van der Waals surface area contributed by atoms with E-state index >= 15 is 0 Å². The first-order valence-corrected chi connectivity index (χ1v) is 16.2. The number of nitrogens with zero attached hydrogens (tertiary/aromatic N) is 2. The third kappa shape index (κ3) is 5.63. The van der Waals surface area contributed by atoms with Crippen molar-refractivity contribution in [2.75, 3.05) is 12.3 Å². The van der Waals surface area contributed by atoms with Gasteiger partial charge in [0.15, 0.2) is 5.88 Å². The van der Waals surface area contributed by atoms with Gasteiger partial charge in [-0.25, -0.2) is 0 Å². The number of hydrogen-bond acceptors (Lipinski definition) is 5. The standard InChI is InChI=1S/C33H36N2O5S/c1-3-23(19-31-34(4-2)33-27-14-8-7-11-24(27)15-16-29(33)39-31)20-32-35(17-9-10-18-41(36,37)38)28-21-25-12-5-6-13-26(25)22-30(28)40-32/h5-8,11-16,19-20,28,30H,3-4,9-10,17-18,21-22H2,1-2H3/p+1. The van der Waals surface area contributed by atoms with Crippen molar-refractivity contribution in [2.45, 2.75) is 64.6 Å². The molecule has 0 saturated carbocycles. The predicted octanol–water partition coefficient (Wildman–Crippen LogP) is 6.06. The van der Waals surface area contributed by atoms with Gasteiger partial charge in [-0.15, -0.1) is 0 Å². The Morgan fingerprint density at radius 3 is 2.54 bits per heavy atom. The summed E-state index contributed by atoms with van der Waals surface area (Å²) in [5, 5.41) is 2.36. The molecule has 1 aliphatic heterocycles. The SMILES string of the molecule is CCC(=Cc1oc2ccc3ccccc3c2[n+]1CC)C=C1OC2Cc3ccccc3CC2N1CCCCS(=O)(=O)O. The molecule has 1 aromatic heterocycles. The molecule has 41 heavy (non-hydrogen) atoms. The summed E-state index contributed by atoms with van der Waals surface area (Å²) in [6.45, 7) is 5.70. The fourth-order valence-corrected chi connectivity index (χ4v) is 6.87. The van der Waals surface area contributed by atoms with Crippen molar-refractivity contribution in [3.05, 3.63) is 95.2 Å². The van der Waals surface area contributed by atoms with Crippen molar-refractivity contribution < 1.29 is 26.7 Å². The van der Waals surface area contributed by atoms with E-state index in [9.17, 15) is 13.0 Å². The maximum Gasteiger partial charge on any atom is 0.374 e. The number of aryl methyl sites for hydroxylation is 1. The van der Waals surface area contributed by atoms with Crippen LogP contribution in [0.4, 0.5) is 0 Å². The average molecular weight is 574 g/mol. The number of ether oxygens (including phenoxy) is 1. The lowest BCUT2D eigenvalue weighted by Crippen LogP contribution is -2.41.